The molecule has 62 valence electrons. The number of alkyl halides is 1. The SMILES string of the molecule is CCCCCC(Cl)CC=O.[KH]. The molecular formula is C8H16ClKO. The van der Waals surface area contributed by atoms with Gasteiger partial charge in [0.1, 0.15) is 6.29 Å². The van der Waals surface area contributed by atoms with Crippen LogP contribution in [0.15, 0.2) is 0 Å². The molecule has 0 amide bonds. The van der Waals surface area contributed by atoms with E-state index in [1.54, 1.807) is 0 Å². The van der Waals surface area contributed by atoms with E-state index in [9.17, 15) is 4.79 Å². The standard InChI is InChI=1S/C8H15ClO.K.H/c1-2-3-4-5-8(9)6-7-10;;/h7-8H,2-6H2,1H3;;. The molecule has 0 aliphatic carbocycles. The zero-order valence-corrected chi connectivity index (χ0v) is 7.23. The fraction of sp³-hybridized carbons (Fsp3) is 0.875. The Kier molecular flexibility index (Phi) is 15.9. The predicted molar refractivity (Wildman–Crippen MR) is 51.6 cm³/mol. The van der Waals surface area contributed by atoms with Gasteiger partial charge >= 0.3 is 51.4 Å². The van der Waals surface area contributed by atoms with Gasteiger partial charge in [-0.1, -0.05) is 26.2 Å². The Morgan fingerprint density at radius 3 is 2.55 bits per heavy atom. The molecule has 0 saturated carbocycles. The topological polar surface area (TPSA) is 17.1 Å². The molecule has 0 aromatic heterocycles. The van der Waals surface area contributed by atoms with Gasteiger partial charge in [0, 0.05) is 11.8 Å². The molecule has 11 heavy (non-hydrogen) atoms. The van der Waals surface area contributed by atoms with Crippen LogP contribution in [0.25, 0.3) is 0 Å². The van der Waals surface area contributed by atoms with E-state index in [0.29, 0.717) is 6.42 Å². The molecule has 0 aromatic rings. The van der Waals surface area contributed by atoms with Crippen molar-refractivity contribution in [1.82, 2.24) is 0 Å². The number of unbranched alkanes of at least 4 members (excludes halogenated alkanes) is 2. The zero-order valence-electron chi connectivity index (χ0n) is 6.48. The van der Waals surface area contributed by atoms with E-state index >= 15 is 0 Å². The molecule has 0 heterocycles. The van der Waals surface area contributed by atoms with E-state index in [1.165, 1.54) is 12.8 Å². The molecule has 0 N–H and O–H groups in total. The molecule has 0 aliphatic heterocycles. The molecule has 0 aromatic carbocycles. The average Bonchev–Trinajstić information content (AvgIpc) is 1.89. The average molecular weight is 203 g/mol. The fourth-order valence-electron chi connectivity index (χ4n) is 0.838. The maximum absolute atomic E-state index is 9.96. The summed E-state index contributed by atoms with van der Waals surface area (Å²) in [6.45, 7) is 2.16. The molecular weight excluding hydrogens is 187 g/mol. The molecule has 1 nitrogen and oxygen atoms in total. The van der Waals surface area contributed by atoms with E-state index in [4.69, 9.17) is 11.6 Å². The molecule has 0 spiro atoms. The van der Waals surface area contributed by atoms with Crippen molar-refractivity contribution in [3.05, 3.63) is 0 Å². The molecule has 1 unspecified atom stereocenters. The van der Waals surface area contributed by atoms with E-state index in [1.807, 2.05) is 0 Å². The van der Waals surface area contributed by atoms with Gasteiger partial charge in [0.25, 0.3) is 0 Å². The van der Waals surface area contributed by atoms with Crippen LogP contribution in [0.4, 0.5) is 0 Å². The van der Waals surface area contributed by atoms with Crippen LogP contribution in [0.5, 0.6) is 0 Å². The first-order valence-electron chi connectivity index (χ1n) is 3.89. The Bertz CT molecular complexity index is 88.2. The molecule has 0 saturated heterocycles. The summed E-state index contributed by atoms with van der Waals surface area (Å²) in [6.07, 6.45) is 5.97. The molecule has 0 bridgehead atoms. The van der Waals surface area contributed by atoms with Crippen molar-refractivity contribution in [2.24, 2.45) is 0 Å². The third-order valence-corrected chi connectivity index (χ3v) is 1.87. The summed E-state index contributed by atoms with van der Waals surface area (Å²) >= 11 is 5.79. The van der Waals surface area contributed by atoms with Gasteiger partial charge in [0.15, 0.2) is 0 Å². The van der Waals surface area contributed by atoms with Crippen LogP contribution in [0.1, 0.15) is 39.0 Å². The minimum absolute atomic E-state index is 0. The number of rotatable bonds is 6. The number of carbonyl (C=O) groups is 1. The Labute approximate surface area is 117 Å². The van der Waals surface area contributed by atoms with Crippen LogP contribution in [0, 0.1) is 0 Å². The van der Waals surface area contributed by atoms with Crippen molar-refractivity contribution in [3.8, 4) is 0 Å². The van der Waals surface area contributed by atoms with Crippen LogP contribution in [0.2, 0.25) is 0 Å². The Morgan fingerprint density at radius 2 is 2.09 bits per heavy atom. The van der Waals surface area contributed by atoms with Crippen molar-refractivity contribution in [3.63, 3.8) is 0 Å². The first-order chi connectivity index (χ1) is 4.81. The first-order valence-corrected chi connectivity index (χ1v) is 4.32. The number of aldehydes is 1. The van der Waals surface area contributed by atoms with Crippen LogP contribution < -0.4 is 0 Å². The molecule has 0 rings (SSSR count). The summed E-state index contributed by atoms with van der Waals surface area (Å²) < 4.78 is 0. The molecule has 3 heteroatoms. The number of hydrogen-bond acceptors (Lipinski definition) is 1. The fourth-order valence-corrected chi connectivity index (χ4v) is 1.07. The molecule has 0 aliphatic rings. The maximum atomic E-state index is 9.96. The van der Waals surface area contributed by atoms with Gasteiger partial charge in [0.05, 0.1) is 0 Å². The third-order valence-electron chi connectivity index (χ3n) is 1.47. The van der Waals surface area contributed by atoms with Gasteiger partial charge in [-0.05, 0) is 6.42 Å². The van der Waals surface area contributed by atoms with Crippen molar-refractivity contribution in [2.45, 2.75) is 44.4 Å². The van der Waals surface area contributed by atoms with Crippen molar-refractivity contribution in [2.75, 3.05) is 0 Å². The third kappa shape index (κ3) is 11.6. The van der Waals surface area contributed by atoms with Crippen molar-refractivity contribution in [1.29, 1.82) is 0 Å². The van der Waals surface area contributed by atoms with E-state index in [0.717, 1.165) is 19.1 Å². The molecule has 0 fully saturated rings. The zero-order chi connectivity index (χ0) is 7.82. The van der Waals surface area contributed by atoms with Gasteiger partial charge in [0.2, 0.25) is 0 Å². The van der Waals surface area contributed by atoms with Crippen molar-refractivity contribution < 1.29 is 4.79 Å². The van der Waals surface area contributed by atoms with Gasteiger partial charge < -0.3 is 4.79 Å². The van der Waals surface area contributed by atoms with E-state index in [2.05, 4.69) is 6.92 Å². The van der Waals surface area contributed by atoms with Crippen molar-refractivity contribution >= 4 is 69.3 Å². The van der Waals surface area contributed by atoms with E-state index < -0.39 is 0 Å². The Hall–Kier alpha value is 1.60. The van der Waals surface area contributed by atoms with Crippen LogP contribution in [0.3, 0.4) is 0 Å². The number of hydrogen-bond donors (Lipinski definition) is 0. The second-order valence-electron chi connectivity index (χ2n) is 2.50. The summed E-state index contributed by atoms with van der Waals surface area (Å²) in [5.41, 5.74) is 0. The minimum atomic E-state index is 0. The second-order valence-corrected chi connectivity index (χ2v) is 3.11. The summed E-state index contributed by atoms with van der Waals surface area (Å²) in [4.78, 5) is 9.96. The first kappa shape index (κ1) is 15.1. The summed E-state index contributed by atoms with van der Waals surface area (Å²) in [5.74, 6) is 0. The number of carbonyl (C=O) groups excluding carboxylic acids is 1. The Balaban J connectivity index is 0. The van der Waals surface area contributed by atoms with Gasteiger partial charge in [-0.3, -0.25) is 0 Å². The normalized spacial score (nSPS) is 11.8. The van der Waals surface area contributed by atoms with E-state index in [-0.39, 0.29) is 56.8 Å². The summed E-state index contributed by atoms with van der Waals surface area (Å²) in [7, 11) is 0. The van der Waals surface area contributed by atoms with Crippen LogP contribution in [-0.4, -0.2) is 63.0 Å². The Morgan fingerprint density at radius 1 is 1.45 bits per heavy atom. The number of halogens is 1. The molecule has 0 radical (unpaired) electrons. The summed E-state index contributed by atoms with van der Waals surface area (Å²) in [5, 5.41) is 0.0732. The van der Waals surface area contributed by atoms with Gasteiger partial charge in [-0.25, -0.2) is 0 Å². The predicted octanol–water partition coefficient (Wildman–Crippen LogP) is 2.11. The van der Waals surface area contributed by atoms with Crippen LogP contribution in [-0.2, 0) is 4.79 Å². The monoisotopic (exact) mass is 202 g/mol. The molecule has 1 atom stereocenters. The van der Waals surface area contributed by atoms with Gasteiger partial charge in [-0.2, -0.15) is 0 Å². The second kappa shape index (κ2) is 11.6. The quantitative estimate of drug-likeness (QED) is 0.279. The summed E-state index contributed by atoms with van der Waals surface area (Å²) in [6, 6.07) is 0. The van der Waals surface area contributed by atoms with Gasteiger partial charge in [-0.15, -0.1) is 11.6 Å². The van der Waals surface area contributed by atoms with Crippen LogP contribution >= 0.6 is 11.6 Å².